The molecule has 0 fully saturated rings. The number of aliphatic hydroxyl groups is 1. The molecule has 0 saturated heterocycles. The van der Waals surface area contributed by atoms with E-state index in [4.69, 9.17) is 10.9 Å². The summed E-state index contributed by atoms with van der Waals surface area (Å²) >= 11 is 0. The molecule has 0 bridgehead atoms. The molecule has 0 aliphatic heterocycles. The lowest BCUT2D eigenvalue weighted by molar-refractivity contribution is 0.0711. The molecule has 6 N–H and O–H groups in total. The van der Waals surface area contributed by atoms with Crippen LogP contribution in [0.3, 0.4) is 0 Å². The number of nitrogens with zero attached hydrogens (tertiary/aromatic N) is 2. The minimum atomic E-state index is -1.67. The van der Waals surface area contributed by atoms with Gasteiger partial charge in [0.05, 0.1) is 11.4 Å². The van der Waals surface area contributed by atoms with Crippen molar-refractivity contribution in [2.45, 2.75) is 69.9 Å². The van der Waals surface area contributed by atoms with E-state index in [1.165, 1.54) is 40.7 Å². The first-order valence-corrected chi connectivity index (χ1v) is 13.8. The number of benzene rings is 2. The smallest absolute Gasteiger partial charge is 0.316 e. The summed E-state index contributed by atoms with van der Waals surface area (Å²) in [6, 6.07) is 10.4. The largest absolute Gasteiger partial charge is 0.384 e. The molecule has 2 aromatic carbocycles. The third-order valence-corrected chi connectivity index (χ3v) is 7.40. The summed E-state index contributed by atoms with van der Waals surface area (Å²) in [5, 5.41) is 22.8. The maximum absolute atomic E-state index is 11.3. The van der Waals surface area contributed by atoms with Crippen LogP contribution in [0.15, 0.2) is 47.5 Å². The van der Waals surface area contributed by atoms with Crippen LogP contribution in [0.5, 0.6) is 0 Å². The third-order valence-electron chi connectivity index (χ3n) is 6.79. The predicted octanol–water partition coefficient (Wildman–Crippen LogP) is 4.27. The number of fused-ring (bicyclic) bond motifs is 2. The molecule has 3 aromatic rings. The lowest BCUT2D eigenvalue weighted by atomic mass is 9.91. The highest BCUT2D eigenvalue weighted by atomic mass is 32.2. The first kappa shape index (κ1) is 26.8. The summed E-state index contributed by atoms with van der Waals surface area (Å²) in [5.74, 6) is 0. The number of nitrogens with one attached hydrogen (secondary N) is 1. The maximum Gasteiger partial charge on any atom is 0.316 e. The van der Waals surface area contributed by atoms with Crippen molar-refractivity contribution in [3.8, 4) is 5.69 Å². The van der Waals surface area contributed by atoms with Crippen LogP contribution in [0.2, 0.25) is 0 Å². The fourth-order valence-corrected chi connectivity index (χ4v) is 5.69. The van der Waals surface area contributed by atoms with E-state index in [2.05, 4.69) is 29.5 Å². The van der Waals surface area contributed by atoms with Gasteiger partial charge in [0.1, 0.15) is 16.6 Å². The first-order valence-electron chi connectivity index (χ1n) is 12.5. The van der Waals surface area contributed by atoms with E-state index in [1.807, 2.05) is 30.3 Å². The van der Waals surface area contributed by atoms with Crippen molar-refractivity contribution < 1.29 is 14.1 Å². The van der Waals surface area contributed by atoms with Crippen LogP contribution in [-0.4, -0.2) is 25.1 Å². The molecule has 1 unspecified atom stereocenters. The zero-order valence-electron chi connectivity index (χ0n) is 21.6. The van der Waals surface area contributed by atoms with E-state index in [-0.39, 0.29) is 5.03 Å². The normalized spacial score (nSPS) is 15.2. The van der Waals surface area contributed by atoms with E-state index >= 15 is 0 Å². The van der Waals surface area contributed by atoms with Gasteiger partial charge < -0.3 is 16.2 Å². The van der Waals surface area contributed by atoms with Crippen LogP contribution in [-0.2, 0) is 42.3 Å². The van der Waals surface area contributed by atoms with Gasteiger partial charge in [-0.1, -0.05) is 30.4 Å². The maximum atomic E-state index is 11.3. The van der Waals surface area contributed by atoms with E-state index in [0.717, 1.165) is 37.1 Å². The highest BCUT2D eigenvalue weighted by molar-refractivity contribution is 7.82. The first-order chi connectivity index (χ1) is 17.6. The van der Waals surface area contributed by atoms with E-state index in [9.17, 15) is 14.1 Å². The Kier molecular flexibility index (Phi) is 7.96. The summed E-state index contributed by atoms with van der Waals surface area (Å²) in [6.45, 7) is 5.36. The SMILES string of the molecule is C/C=C/c1c2c(c(NC(N)=O)c3c1CCC3)CCC2.CC(C)(O)c1cc(S(N)=O)nn1-c1ccccc1. The number of anilines is 1. The van der Waals surface area contributed by atoms with E-state index < -0.39 is 22.6 Å². The van der Waals surface area contributed by atoms with Gasteiger partial charge in [0.25, 0.3) is 0 Å². The molecule has 1 heterocycles. The Balaban J connectivity index is 0.000000173. The standard InChI is InChI=1S/C16H20N2O.C12H15N3O2S/c1-2-5-10-11-6-3-8-13(11)15(18-16(17)19)14-9-4-7-12(10)14;1-12(2,16)10-8-11(18(13)17)14-15(10)9-6-4-3-5-7-9/h2,5H,3-4,6-9H2,1H3,(H3,17,18,19);3-8,16H,13H2,1-2H3/b5-2+;. The fraction of sp³-hybridized carbons (Fsp3) is 0.357. The van der Waals surface area contributed by atoms with E-state index in [0.29, 0.717) is 5.69 Å². The molecule has 0 saturated carbocycles. The zero-order valence-corrected chi connectivity index (χ0v) is 22.4. The molecular formula is C28H35N5O3S. The summed E-state index contributed by atoms with van der Waals surface area (Å²) in [4.78, 5) is 11.3. The van der Waals surface area contributed by atoms with Gasteiger partial charge in [-0.15, -0.1) is 0 Å². The molecule has 2 amide bonds. The molecule has 1 atom stereocenters. The zero-order chi connectivity index (χ0) is 26.7. The quantitative estimate of drug-likeness (QED) is 0.399. The van der Waals surface area contributed by atoms with Gasteiger partial charge in [0.15, 0.2) is 5.03 Å². The van der Waals surface area contributed by atoms with Crippen LogP contribution in [0, 0.1) is 0 Å². The second kappa shape index (κ2) is 11.0. The lowest BCUT2D eigenvalue weighted by Gasteiger charge is -2.18. The van der Waals surface area contributed by atoms with Gasteiger partial charge in [-0.3, -0.25) is 0 Å². The van der Waals surface area contributed by atoms with Crippen molar-refractivity contribution in [3.05, 3.63) is 76.0 Å². The average molecular weight is 522 g/mol. The van der Waals surface area contributed by atoms with Crippen molar-refractivity contribution in [3.63, 3.8) is 0 Å². The number of carbonyl (C=O) groups is 1. The number of carbonyl (C=O) groups excluding carboxylic acids is 1. The summed E-state index contributed by atoms with van der Waals surface area (Å²) in [5.41, 5.74) is 13.5. The van der Waals surface area contributed by atoms with Crippen molar-refractivity contribution in [1.82, 2.24) is 9.78 Å². The van der Waals surface area contributed by atoms with E-state index in [1.54, 1.807) is 24.6 Å². The van der Waals surface area contributed by atoms with Crippen LogP contribution in [0.4, 0.5) is 10.5 Å². The monoisotopic (exact) mass is 521 g/mol. The number of para-hydroxylation sites is 1. The number of hydrogen-bond donors (Lipinski definition) is 4. The summed E-state index contributed by atoms with van der Waals surface area (Å²) < 4.78 is 12.9. The summed E-state index contributed by atoms with van der Waals surface area (Å²) in [7, 11) is -1.67. The molecule has 37 heavy (non-hydrogen) atoms. The number of amides is 2. The Labute approximate surface area is 220 Å². The lowest BCUT2D eigenvalue weighted by Crippen LogP contribution is -2.21. The second-order valence-electron chi connectivity index (χ2n) is 9.87. The third kappa shape index (κ3) is 5.69. The minimum Gasteiger partial charge on any atom is -0.384 e. The molecule has 2 aliphatic carbocycles. The molecule has 0 spiro atoms. The molecule has 8 nitrogen and oxygen atoms in total. The number of rotatable bonds is 5. The molecule has 2 aliphatic rings. The Bertz CT molecular complexity index is 1320. The number of aromatic nitrogens is 2. The Hall–Kier alpha value is -3.27. The Morgan fingerprint density at radius 3 is 2.14 bits per heavy atom. The van der Waals surface area contributed by atoms with Gasteiger partial charge in [-0.2, -0.15) is 5.10 Å². The molecule has 1 aromatic heterocycles. The molecular weight excluding hydrogens is 486 g/mol. The van der Waals surface area contributed by atoms with Crippen molar-refractivity contribution in [2.24, 2.45) is 10.9 Å². The topological polar surface area (TPSA) is 136 Å². The Morgan fingerprint density at radius 1 is 1.08 bits per heavy atom. The highest BCUT2D eigenvalue weighted by Crippen LogP contribution is 2.42. The van der Waals surface area contributed by atoms with Gasteiger partial charge >= 0.3 is 6.03 Å². The van der Waals surface area contributed by atoms with Gasteiger partial charge in [0.2, 0.25) is 0 Å². The van der Waals surface area contributed by atoms with Crippen LogP contribution in [0.1, 0.15) is 67.1 Å². The predicted molar refractivity (Wildman–Crippen MR) is 148 cm³/mol. The van der Waals surface area contributed by atoms with Crippen molar-refractivity contribution in [1.29, 1.82) is 0 Å². The van der Waals surface area contributed by atoms with Crippen LogP contribution >= 0.6 is 0 Å². The molecule has 0 radical (unpaired) electrons. The molecule has 5 rings (SSSR count). The fourth-order valence-electron chi connectivity index (χ4n) is 5.30. The minimum absolute atomic E-state index is 0.246. The van der Waals surface area contributed by atoms with Gasteiger partial charge in [0, 0.05) is 11.8 Å². The number of allylic oxidation sites excluding steroid dienone is 1. The second-order valence-corrected chi connectivity index (χ2v) is 10.9. The van der Waals surface area contributed by atoms with Gasteiger partial charge in [-0.25, -0.2) is 18.8 Å². The average Bonchev–Trinajstić information content (AvgIpc) is 3.61. The number of hydrogen-bond acceptors (Lipinski definition) is 4. The number of primary amides is 1. The molecule has 9 heteroatoms. The Morgan fingerprint density at radius 2 is 1.65 bits per heavy atom. The van der Waals surface area contributed by atoms with Gasteiger partial charge in [-0.05, 0) is 99.2 Å². The highest BCUT2D eigenvalue weighted by Gasteiger charge is 2.28. The van der Waals surface area contributed by atoms with Crippen molar-refractivity contribution in [2.75, 3.05) is 5.32 Å². The molecule has 196 valence electrons. The van der Waals surface area contributed by atoms with Crippen LogP contribution < -0.4 is 16.2 Å². The van der Waals surface area contributed by atoms with Crippen molar-refractivity contribution >= 4 is 28.8 Å². The van der Waals surface area contributed by atoms with Crippen LogP contribution in [0.25, 0.3) is 11.8 Å². The number of urea groups is 1. The summed E-state index contributed by atoms with van der Waals surface area (Å²) in [6.07, 6.45) is 11.1. The number of nitrogens with two attached hydrogens (primary N) is 2.